The van der Waals surface area contributed by atoms with Gasteiger partial charge in [0.15, 0.2) is 0 Å². The van der Waals surface area contributed by atoms with Gasteiger partial charge in [0.05, 0.1) is 6.26 Å². The fourth-order valence-electron chi connectivity index (χ4n) is 1.08. The Morgan fingerprint density at radius 3 is 2.15 bits per heavy atom. The fourth-order valence-corrected chi connectivity index (χ4v) is 1.08. The first-order valence-electron chi connectivity index (χ1n) is 4.71. The van der Waals surface area contributed by atoms with Crippen LogP contribution in [0.4, 0.5) is 0 Å². The van der Waals surface area contributed by atoms with Crippen LogP contribution in [0.2, 0.25) is 0 Å². The third-order valence-corrected chi connectivity index (χ3v) is 1.85. The molecule has 74 valence electrons. The molecule has 0 bridgehead atoms. The SMILES string of the molecule is C1CCOCC1.NC1=CCOC=C1. The second-order valence-corrected chi connectivity index (χ2v) is 3.01. The van der Waals surface area contributed by atoms with Crippen LogP contribution in [0, 0.1) is 0 Å². The summed E-state index contributed by atoms with van der Waals surface area (Å²) in [5, 5.41) is 0. The van der Waals surface area contributed by atoms with E-state index < -0.39 is 0 Å². The lowest BCUT2D eigenvalue weighted by molar-refractivity contribution is 0.0968. The molecule has 0 atom stereocenters. The molecule has 2 aliphatic heterocycles. The molecule has 0 aromatic rings. The third kappa shape index (κ3) is 5.31. The molecule has 13 heavy (non-hydrogen) atoms. The first-order chi connectivity index (χ1) is 6.39. The van der Waals surface area contributed by atoms with E-state index in [0.717, 1.165) is 18.9 Å². The topological polar surface area (TPSA) is 44.5 Å². The van der Waals surface area contributed by atoms with Crippen LogP contribution in [0.3, 0.4) is 0 Å². The number of hydrogen-bond donors (Lipinski definition) is 1. The van der Waals surface area contributed by atoms with Crippen LogP contribution in [0.5, 0.6) is 0 Å². The van der Waals surface area contributed by atoms with Crippen LogP contribution < -0.4 is 5.73 Å². The molecule has 2 heterocycles. The van der Waals surface area contributed by atoms with Gasteiger partial charge in [0, 0.05) is 18.9 Å². The monoisotopic (exact) mass is 183 g/mol. The van der Waals surface area contributed by atoms with Crippen molar-refractivity contribution in [2.75, 3.05) is 19.8 Å². The fraction of sp³-hybridized carbons (Fsp3) is 0.600. The van der Waals surface area contributed by atoms with Gasteiger partial charge in [-0.2, -0.15) is 0 Å². The molecule has 3 nitrogen and oxygen atoms in total. The Labute approximate surface area is 79.2 Å². The standard InChI is InChI=1S/C5H7NO.C5H10O/c6-5-1-3-7-4-2-5;1-2-4-6-5-3-1/h1-3H,4,6H2;1-5H2. The van der Waals surface area contributed by atoms with Gasteiger partial charge in [0.2, 0.25) is 0 Å². The van der Waals surface area contributed by atoms with Crippen molar-refractivity contribution in [3.05, 3.63) is 24.1 Å². The minimum absolute atomic E-state index is 0.613. The predicted octanol–water partition coefficient (Wildman–Crippen LogP) is 1.56. The zero-order valence-corrected chi connectivity index (χ0v) is 7.87. The van der Waals surface area contributed by atoms with Crippen molar-refractivity contribution in [1.29, 1.82) is 0 Å². The zero-order chi connectivity index (χ0) is 9.36. The molecule has 0 aliphatic carbocycles. The summed E-state index contributed by atoms with van der Waals surface area (Å²) in [4.78, 5) is 0. The highest BCUT2D eigenvalue weighted by molar-refractivity contribution is 5.15. The average molecular weight is 183 g/mol. The van der Waals surface area contributed by atoms with Gasteiger partial charge in [-0.05, 0) is 31.4 Å². The maximum atomic E-state index is 5.33. The zero-order valence-electron chi connectivity index (χ0n) is 7.87. The minimum atomic E-state index is 0.613. The first kappa shape index (κ1) is 10.1. The number of hydrogen-bond acceptors (Lipinski definition) is 3. The van der Waals surface area contributed by atoms with E-state index in [4.69, 9.17) is 15.2 Å². The Bertz CT molecular complexity index is 172. The summed E-state index contributed by atoms with van der Waals surface area (Å²) in [5.41, 5.74) is 6.11. The van der Waals surface area contributed by atoms with Gasteiger partial charge in [0.1, 0.15) is 6.61 Å². The van der Waals surface area contributed by atoms with E-state index in [-0.39, 0.29) is 0 Å². The van der Waals surface area contributed by atoms with Gasteiger partial charge < -0.3 is 15.2 Å². The molecular formula is C10H17NO2. The predicted molar refractivity (Wildman–Crippen MR) is 52.0 cm³/mol. The number of allylic oxidation sites excluding steroid dienone is 1. The second-order valence-electron chi connectivity index (χ2n) is 3.01. The largest absolute Gasteiger partial charge is 0.497 e. The number of rotatable bonds is 0. The Kier molecular flexibility index (Phi) is 5.10. The lowest BCUT2D eigenvalue weighted by atomic mass is 10.2. The van der Waals surface area contributed by atoms with Gasteiger partial charge in [-0.15, -0.1) is 0 Å². The lowest BCUT2D eigenvalue weighted by Gasteiger charge is -2.08. The summed E-state index contributed by atoms with van der Waals surface area (Å²) in [6.07, 6.45) is 9.07. The molecule has 0 aromatic heterocycles. The highest BCUT2D eigenvalue weighted by atomic mass is 16.5. The van der Waals surface area contributed by atoms with Crippen LogP contribution >= 0.6 is 0 Å². The highest BCUT2D eigenvalue weighted by Gasteiger charge is 1.95. The lowest BCUT2D eigenvalue weighted by Crippen LogP contribution is -2.03. The summed E-state index contributed by atoms with van der Waals surface area (Å²) < 4.78 is 9.87. The summed E-state index contributed by atoms with van der Waals surface area (Å²) in [6.45, 7) is 2.61. The van der Waals surface area contributed by atoms with E-state index in [1.54, 1.807) is 12.3 Å². The van der Waals surface area contributed by atoms with Crippen LogP contribution in [-0.2, 0) is 9.47 Å². The molecule has 2 rings (SSSR count). The van der Waals surface area contributed by atoms with Gasteiger partial charge in [-0.1, -0.05) is 0 Å². The van der Waals surface area contributed by atoms with Crippen molar-refractivity contribution < 1.29 is 9.47 Å². The van der Waals surface area contributed by atoms with E-state index in [1.807, 2.05) is 6.08 Å². The van der Waals surface area contributed by atoms with E-state index in [2.05, 4.69) is 0 Å². The Balaban J connectivity index is 0.000000132. The van der Waals surface area contributed by atoms with Crippen molar-refractivity contribution in [2.45, 2.75) is 19.3 Å². The van der Waals surface area contributed by atoms with E-state index >= 15 is 0 Å². The maximum absolute atomic E-state index is 5.33. The summed E-state index contributed by atoms with van der Waals surface area (Å²) in [7, 11) is 0. The summed E-state index contributed by atoms with van der Waals surface area (Å²) >= 11 is 0. The van der Waals surface area contributed by atoms with Crippen molar-refractivity contribution in [1.82, 2.24) is 0 Å². The molecule has 3 heteroatoms. The third-order valence-electron chi connectivity index (χ3n) is 1.85. The van der Waals surface area contributed by atoms with Crippen LogP contribution in [0.25, 0.3) is 0 Å². The molecule has 2 aliphatic rings. The molecule has 2 N–H and O–H groups in total. The van der Waals surface area contributed by atoms with Gasteiger partial charge in [-0.25, -0.2) is 0 Å². The average Bonchev–Trinajstić information content (AvgIpc) is 2.22. The van der Waals surface area contributed by atoms with E-state index in [9.17, 15) is 0 Å². The molecule has 0 saturated carbocycles. The highest BCUT2D eigenvalue weighted by Crippen LogP contribution is 2.02. The number of nitrogens with two attached hydrogens (primary N) is 1. The quantitative estimate of drug-likeness (QED) is 0.620. The van der Waals surface area contributed by atoms with Crippen molar-refractivity contribution >= 4 is 0 Å². The van der Waals surface area contributed by atoms with E-state index in [1.165, 1.54) is 19.3 Å². The molecule has 0 aromatic carbocycles. The van der Waals surface area contributed by atoms with Crippen LogP contribution in [0.15, 0.2) is 24.1 Å². The number of ether oxygens (including phenoxy) is 2. The summed E-state index contributed by atoms with van der Waals surface area (Å²) in [5.74, 6) is 0. The second kappa shape index (κ2) is 6.54. The van der Waals surface area contributed by atoms with Gasteiger partial charge in [-0.3, -0.25) is 0 Å². The Morgan fingerprint density at radius 1 is 1.15 bits per heavy atom. The maximum Gasteiger partial charge on any atom is 0.108 e. The Hall–Kier alpha value is -0.960. The normalized spacial score (nSPS) is 20.8. The minimum Gasteiger partial charge on any atom is -0.497 e. The van der Waals surface area contributed by atoms with Crippen LogP contribution in [0.1, 0.15) is 19.3 Å². The molecule has 0 spiro atoms. The van der Waals surface area contributed by atoms with E-state index in [0.29, 0.717) is 6.61 Å². The van der Waals surface area contributed by atoms with Crippen molar-refractivity contribution in [3.63, 3.8) is 0 Å². The van der Waals surface area contributed by atoms with Crippen molar-refractivity contribution in [2.24, 2.45) is 5.73 Å². The van der Waals surface area contributed by atoms with Gasteiger partial charge in [0.25, 0.3) is 0 Å². The molecule has 0 amide bonds. The molecule has 1 saturated heterocycles. The molecule has 0 unspecified atom stereocenters. The molecular weight excluding hydrogens is 166 g/mol. The smallest absolute Gasteiger partial charge is 0.108 e. The molecule has 0 radical (unpaired) electrons. The van der Waals surface area contributed by atoms with Crippen LogP contribution in [-0.4, -0.2) is 19.8 Å². The van der Waals surface area contributed by atoms with Gasteiger partial charge >= 0.3 is 0 Å². The molecule has 1 fully saturated rings. The van der Waals surface area contributed by atoms with Crippen molar-refractivity contribution in [3.8, 4) is 0 Å². The summed E-state index contributed by atoms with van der Waals surface area (Å²) in [6, 6.07) is 0. The first-order valence-corrected chi connectivity index (χ1v) is 4.71. The Morgan fingerprint density at radius 2 is 1.92 bits per heavy atom.